The van der Waals surface area contributed by atoms with Crippen LogP contribution in [0, 0.1) is 4.77 Å². The molecule has 4 rings (SSSR count). The molecule has 0 atom stereocenters. The zero-order valence-corrected chi connectivity index (χ0v) is 17.9. The Morgan fingerprint density at radius 1 is 1.24 bits per heavy atom. The smallest absolute Gasteiger partial charge is 0.221 e. The third-order valence-electron chi connectivity index (χ3n) is 5.13. The lowest BCUT2D eigenvalue weighted by molar-refractivity contribution is -0.114. The number of rotatable bonds is 4. The van der Waals surface area contributed by atoms with Gasteiger partial charge in [0.15, 0.2) is 10.6 Å². The summed E-state index contributed by atoms with van der Waals surface area (Å²) in [4.78, 5) is 13.8. The molecule has 2 heterocycles. The lowest BCUT2D eigenvalue weighted by Crippen LogP contribution is -2.33. The molecule has 1 N–H and O–H groups in total. The van der Waals surface area contributed by atoms with Crippen LogP contribution in [0.15, 0.2) is 42.5 Å². The first kappa shape index (κ1) is 19.8. The summed E-state index contributed by atoms with van der Waals surface area (Å²) < 4.78 is 4.46. The van der Waals surface area contributed by atoms with Gasteiger partial charge in [0.2, 0.25) is 5.91 Å². The van der Waals surface area contributed by atoms with Crippen LogP contribution >= 0.6 is 23.8 Å². The van der Waals surface area contributed by atoms with Gasteiger partial charge >= 0.3 is 0 Å². The Morgan fingerprint density at radius 3 is 2.72 bits per heavy atom. The Bertz CT molecular complexity index is 1120. The number of benzene rings is 2. The molecule has 3 aromatic rings. The number of amides is 1. The summed E-state index contributed by atoms with van der Waals surface area (Å²) in [7, 11) is 1.93. The van der Waals surface area contributed by atoms with E-state index < -0.39 is 0 Å². The van der Waals surface area contributed by atoms with Gasteiger partial charge < -0.3 is 9.88 Å². The number of carbonyl (C=O) groups is 1. The zero-order chi connectivity index (χ0) is 20.5. The fraction of sp³-hybridized carbons (Fsp3) is 0.286. The van der Waals surface area contributed by atoms with Crippen LogP contribution in [0.2, 0.25) is 5.02 Å². The molecule has 0 bridgehead atoms. The van der Waals surface area contributed by atoms with Gasteiger partial charge in [-0.1, -0.05) is 23.7 Å². The molecule has 6 nitrogen and oxygen atoms in total. The Balaban J connectivity index is 1.55. The van der Waals surface area contributed by atoms with Crippen LogP contribution < -0.4 is 5.32 Å². The molecular weight excluding hydrogens is 406 g/mol. The second-order valence-corrected chi connectivity index (χ2v) is 8.04. The van der Waals surface area contributed by atoms with Crippen molar-refractivity contribution in [3.63, 3.8) is 0 Å². The second kappa shape index (κ2) is 8.10. The number of nitrogens with one attached hydrogen (secondary N) is 1. The Kier molecular flexibility index (Phi) is 5.54. The van der Waals surface area contributed by atoms with Gasteiger partial charge in [0, 0.05) is 43.3 Å². The van der Waals surface area contributed by atoms with Crippen molar-refractivity contribution >= 4 is 35.4 Å². The fourth-order valence-electron chi connectivity index (χ4n) is 3.72. The number of anilines is 1. The summed E-state index contributed by atoms with van der Waals surface area (Å²) in [5, 5.41) is 8.38. The van der Waals surface area contributed by atoms with E-state index in [1.807, 2.05) is 52.7 Å². The van der Waals surface area contributed by atoms with Crippen molar-refractivity contribution in [1.29, 1.82) is 0 Å². The minimum atomic E-state index is -0.0460. The number of carbonyl (C=O) groups excluding carboxylic acids is 1. The molecule has 1 amide bonds. The van der Waals surface area contributed by atoms with Gasteiger partial charge in [-0.15, -0.1) is 0 Å². The van der Waals surface area contributed by atoms with E-state index in [1.54, 1.807) is 0 Å². The molecule has 1 aliphatic heterocycles. The van der Waals surface area contributed by atoms with E-state index >= 15 is 0 Å². The normalized spacial score (nSPS) is 13.9. The molecule has 0 aliphatic carbocycles. The van der Waals surface area contributed by atoms with Gasteiger partial charge in [0.25, 0.3) is 0 Å². The number of hydrogen-bond acceptors (Lipinski definition) is 4. The first-order valence-corrected chi connectivity index (χ1v) is 10.2. The fourth-order valence-corrected chi connectivity index (χ4v) is 4.03. The minimum absolute atomic E-state index is 0.0460. The van der Waals surface area contributed by atoms with Gasteiger partial charge in [0.1, 0.15) is 0 Å². The second-order valence-electron chi connectivity index (χ2n) is 7.24. The first-order chi connectivity index (χ1) is 13.9. The molecular formula is C21H22ClN5OS. The van der Waals surface area contributed by atoms with Crippen molar-refractivity contribution in [2.45, 2.75) is 26.6 Å². The van der Waals surface area contributed by atoms with Crippen LogP contribution in [0.4, 0.5) is 5.69 Å². The van der Waals surface area contributed by atoms with Crippen molar-refractivity contribution in [2.75, 3.05) is 11.9 Å². The SMILES string of the molecule is CC(=O)Nc1cccc2c1CCN(Cn1nc(-c3ccc(Cl)cc3)n(C)c1=S)C2. The van der Waals surface area contributed by atoms with E-state index in [9.17, 15) is 4.79 Å². The summed E-state index contributed by atoms with van der Waals surface area (Å²) in [6, 6.07) is 13.7. The molecule has 1 aromatic heterocycles. The van der Waals surface area contributed by atoms with Crippen molar-refractivity contribution in [1.82, 2.24) is 19.2 Å². The topological polar surface area (TPSA) is 55.1 Å². The highest BCUT2D eigenvalue weighted by Gasteiger charge is 2.20. The van der Waals surface area contributed by atoms with Crippen LogP contribution in [-0.4, -0.2) is 31.7 Å². The molecule has 0 unspecified atom stereocenters. The van der Waals surface area contributed by atoms with Crippen molar-refractivity contribution in [3.05, 3.63) is 63.4 Å². The Morgan fingerprint density at radius 2 is 2.00 bits per heavy atom. The average molecular weight is 428 g/mol. The van der Waals surface area contributed by atoms with Crippen molar-refractivity contribution in [3.8, 4) is 11.4 Å². The summed E-state index contributed by atoms with van der Waals surface area (Å²) in [6.45, 7) is 3.81. The Labute approximate surface area is 179 Å². The summed E-state index contributed by atoms with van der Waals surface area (Å²) in [5.41, 5.74) is 4.33. The number of halogens is 1. The molecule has 8 heteroatoms. The van der Waals surface area contributed by atoms with Crippen LogP contribution in [0.3, 0.4) is 0 Å². The molecule has 150 valence electrons. The molecule has 0 spiro atoms. The molecule has 2 aromatic carbocycles. The van der Waals surface area contributed by atoms with E-state index in [-0.39, 0.29) is 5.91 Å². The predicted molar refractivity (Wildman–Crippen MR) is 117 cm³/mol. The first-order valence-electron chi connectivity index (χ1n) is 9.43. The molecule has 29 heavy (non-hydrogen) atoms. The predicted octanol–water partition coefficient (Wildman–Crippen LogP) is 4.25. The summed E-state index contributed by atoms with van der Waals surface area (Å²) >= 11 is 11.6. The van der Waals surface area contributed by atoms with E-state index in [0.29, 0.717) is 16.5 Å². The van der Waals surface area contributed by atoms with Gasteiger partial charge in [-0.2, -0.15) is 5.10 Å². The molecule has 0 radical (unpaired) electrons. The van der Waals surface area contributed by atoms with Crippen LogP contribution in [-0.2, 0) is 31.5 Å². The molecule has 0 fully saturated rings. The van der Waals surface area contributed by atoms with E-state index in [4.69, 9.17) is 28.9 Å². The minimum Gasteiger partial charge on any atom is -0.326 e. The monoisotopic (exact) mass is 427 g/mol. The number of fused-ring (bicyclic) bond motifs is 1. The molecule has 0 saturated heterocycles. The largest absolute Gasteiger partial charge is 0.326 e. The lowest BCUT2D eigenvalue weighted by atomic mass is 9.98. The highest BCUT2D eigenvalue weighted by atomic mass is 35.5. The van der Waals surface area contributed by atoms with Crippen LogP contribution in [0.5, 0.6) is 0 Å². The average Bonchev–Trinajstić information content (AvgIpc) is 2.97. The van der Waals surface area contributed by atoms with Crippen LogP contribution in [0.25, 0.3) is 11.4 Å². The van der Waals surface area contributed by atoms with Crippen molar-refractivity contribution < 1.29 is 4.79 Å². The highest BCUT2D eigenvalue weighted by molar-refractivity contribution is 7.71. The third-order valence-corrected chi connectivity index (χ3v) is 5.87. The van der Waals surface area contributed by atoms with Gasteiger partial charge in [-0.05, 0) is 60.1 Å². The number of aromatic nitrogens is 3. The van der Waals surface area contributed by atoms with Crippen molar-refractivity contribution in [2.24, 2.45) is 7.05 Å². The van der Waals surface area contributed by atoms with Gasteiger partial charge in [-0.3, -0.25) is 9.69 Å². The van der Waals surface area contributed by atoms with Gasteiger partial charge in [0.05, 0.1) is 6.67 Å². The summed E-state index contributed by atoms with van der Waals surface area (Å²) in [5.74, 6) is 0.771. The van der Waals surface area contributed by atoms with E-state index in [2.05, 4.69) is 16.3 Å². The maximum Gasteiger partial charge on any atom is 0.221 e. The zero-order valence-electron chi connectivity index (χ0n) is 16.4. The van der Waals surface area contributed by atoms with Crippen LogP contribution in [0.1, 0.15) is 18.1 Å². The maximum absolute atomic E-state index is 11.5. The Hall–Kier alpha value is -2.48. The third kappa shape index (κ3) is 4.12. The standard InChI is InChI=1S/C21H22ClN5OS/c1-14(28)23-19-5-3-4-16-12-26(11-10-18(16)19)13-27-21(29)25(2)20(24-27)15-6-8-17(22)9-7-15/h3-9H,10-13H2,1-2H3,(H,23,28). The molecule has 0 saturated carbocycles. The quantitative estimate of drug-likeness (QED) is 0.632. The molecule has 1 aliphatic rings. The van der Waals surface area contributed by atoms with Gasteiger partial charge in [-0.25, -0.2) is 4.68 Å². The summed E-state index contributed by atoms with van der Waals surface area (Å²) in [6.07, 6.45) is 0.871. The van der Waals surface area contributed by atoms with E-state index in [1.165, 1.54) is 18.1 Å². The maximum atomic E-state index is 11.5. The van der Waals surface area contributed by atoms with E-state index in [0.717, 1.165) is 36.6 Å². The highest BCUT2D eigenvalue weighted by Crippen LogP contribution is 2.27. The number of nitrogens with zero attached hydrogens (tertiary/aromatic N) is 4. The number of hydrogen-bond donors (Lipinski definition) is 1. The lowest BCUT2D eigenvalue weighted by Gasteiger charge is -2.29.